The molecule has 0 spiro atoms. The number of hydrogen-bond donors (Lipinski definition) is 0. The van der Waals surface area contributed by atoms with Gasteiger partial charge < -0.3 is 4.74 Å². The standard InChI is InChI=1S/C13H16N2O2/c1-3-5-12(13(16)17-4-2)11-6-10(7-14)8-15-9-11/h6,8-9,12H,3-5H2,1-2H3. The summed E-state index contributed by atoms with van der Waals surface area (Å²) in [7, 11) is 0. The molecule has 4 nitrogen and oxygen atoms in total. The van der Waals surface area contributed by atoms with Gasteiger partial charge in [-0.3, -0.25) is 9.78 Å². The summed E-state index contributed by atoms with van der Waals surface area (Å²) in [5, 5.41) is 8.81. The highest BCUT2D eigenvalue weighted by Crippen LogP contribution is 2.22. The van der Waals surface area contributed by atoms with Crippen molar-refractivity contribution in [1.29, 1.82) is 5.26 Å². The lowest BCUT2D eigenvalue weighted by molar-refractivity contribution is -0.145. The molecule has 0 aromatic carbocycles. The minimum atomic E-state index is -0.319. The number of nitrogens with zero attached hydrogens (tertiary/aromatic N) is 2. The van der Waals surface area contributed by atoms with Gasteiger partial charge in [-0.15, -0.1) is 0 Å². The molecular weight excluding hydrogens is 216 g/mol. The fourth-order valence-corrected chi connectivity index (χ4v) is 1.66. The van der Waals surface area contributed by atoms with E-state index in [1.807, 2.05) is 13.0 Å². The minimum Gasteiger partial charge on any atom is -0.466 e. The molecule has 0 aliphatic heterocycles. The summed E-state index contributed by atoms with van der Waals surface area (Å²) in [5.41, 5.74) is 1.22. The monoisotopic (exact) mass is 232 g/mol. The number of ether oxygens (including phenoxy) is 1. The Morgan fingerprint density at radius 1 is 1.53 bits per heavy atom. The first-order valence-corrected chi connectivity index (χ1v) is 5.74. The topological polar surface area (TPSA) is 63.0 Å². The van der Waals surface area contributed by atoms with E-state index >= 15 is 0 Å². The molecular formula is C13H16N2O2. The molecule has 90 valence electrons. The maximum Gasteiger partial charge on any atom is 0.313 e. The Kier molecular flexibility index (Phi) is 5.15. The molecule has 0 fully saturated rings. The molecule has 4 heteroatoms. The van der Waals surface area contributed by atoms with E-state index in [1.165, 1.54) is 6.20 Å². The molecule has 1 unspecified atom stereocenters. The van der Waals surface area contributed by atoms with Gasteiger partial charge in [0.1, 0.15) is 6.07 Å². The Morgan fingerprint density at radius 3 is 2.88 bits per heavy atom. The molecule has 0 aliphatic carbocycles. The molecule has 0 N–H and O–H groups in total. The quantitative estimate of drug-likeness (QED) is 0.731. The zero-order chi connectivity index (χ0) is 12.7. The number of nitriles is 1. The van der Waals surface area contributed by atoms with Crippen LogP contribution in [0.1, 0.15) is 43.7 Å². The Labute approximate surface area is 101 Å². The van der Waals surface area contributed by atoms with Crippen molar-refractivity contribution in [3.63, 3.8) is 0 Å². The Bertz CT molecular complexity index is 424. The number of pyridine rings is 1. The van der Waals surface area contributed by atoms with Gasteiger partial charge in [0.25, 0.3) is 0 Å². The highest BCUT2D eigenvalue weighted by atomic mass is 16.5. The van der Waals surface area contributed by atoms with Gasteiger partial charge in [0.05, 0.1) is 18.1 Å². The molecule has 0 aliphatic rings. The van der Waals surface area contributed by atoms with Crippen molar-refractivity contribution >= 4 is 5.97 Å². The van der Waals surface area contributed by atoms with Crippen molar-refractivity contribution in [2.24, 2.45) is 0 Å². The van der Waals surface area contributed by atoms with Crippen LogP contribution in [0.25, 0.3) is 0 Å². The molecule has 0 saturated heterocycles. The third kappa shape index (κ3) is 3.56. The van der Waals surface area contributed by atoms with Crippen LogP contribution in [0.2, 0.25) is 0 Å². The van der Waals surface area contributed by atoms with E-state index in [0.717, 1.165) is 12.0 Å². The molecule has 0 amide bonds. The van der Waals surface area contributed by atoms with Gasteiger partial charge in [-0.2, -0.15) is 5.26 Å². The van der Waals surface area contributed by atoms with Crippen LogP contribution >= 0.6 is 0 Å². The van der Waals surface area contributed by atoms with Gasteiger partial charge >= 0.3 is 5.97 Å². The van der Waals surface area contributed by atoms with E-state index in [4.69, 9.17) is 10.00 Å². The molecule has 0 saturated carbocycles. The van der Waals surface area contributed by atoms with Gasteiger partial charge in [0, 0.05) is 12.4 Å². The lowest BCUT2D eigenvalue weighted by Gasteiger charge is -2.14. The van der Waals surface area contributed by atoms with E-state index in [9.17, 15) is 4.79 Å². The van der Waals surface area contributed by atoms with Gasteiger partial charge in [-0.25, -0.2) is 0 Å². The normalized spacial score (nSPS) is 11.6. The first kappa shape index (κ1) is 13.2. The Balaban J connectivity index is 2.96. The van der Waals surface area contributed by atoms with Crippen molar-refractivity contribution in [3.8, 4) is 6.07 Å². The zero-order valence-corrected chi connectivity index (χ0v) is 10.1. The van der Waals surface area contributed by atoms with E-state index in [-0.39, 0.29) is 11.9 Å². The maximum atomic E-state index is 11.8. The lowest BCUT2D eigenvalue weighted by atomic mass is 9.95. The van der Waals surface area contributed by atoms with Crippen LogP contribution in [0.4, 0.5) is 0 Å². The number of carbonyl (C=O) groups is 1. The van der Waals surface area contributed by atoms with E-state index < -0.39 is 0 Å². The summed E-state index contributed by atoms with van der Waals surface area (Å²) in [6.45, 7) is 4.16. The number of carbonyl (C=O) groups excluding carboxylic acids is 1. The zero-order valence-electron chi connectivity index (χ0n) is 10.1. The average Bonchev–Trinajstić information content (AvgIpc) is 2.36. The maximum absolute atomic E-state index is 11.8. The van der Waals surface area contributed by atoms with E-state index in [1.54, 1.807) is 19.2 Å². The smallest absolute Gasteiger partial charge is 0.313 e. The molecule has 1 heterocycles. The molecule has 1 aromatic heterocycles. The lowest BCUT2D eigenvalue weighted by Crippen LogP contribution is -2.16. The summed E-state index contributed by atoms with van der Waals surface area (Å²) in [4.78, 5) is 15.8. The average molecular weight is 232 g/mol. The van der Waals surface area contributed by atoms with Gasteiger partial charge in [0.15, 0.2) is 0 Å². The first-order valence-electron chi connectivity index (χ1n) is 5.74. The fourth-order valence-electron chi connectivity index (χ4n) is 1.66. The third-order valence-electron chi connectivity index (χ3n) is 2.44. The van der Waals surface area contributed by atoms with Crippen LogP contribution in [-0.4, -0.2) is 17.6 Å². The van der Waals surface area contributed by atoms with Gasteiger partial charge in [-0.05, 0) is 25.0 Å². The van der Waals surface area contributed by atoms with Crippen LogP contribution in [0.5, 0.6) is 0 Å². The fraction of sp³-hybridized carbons (Fsp3) is 0.462. The Morgan fingerprint density at radius 2 is 2.29 bits per heavy atom. The summed E-state index contributed by atoms with van der Waals surface area (Å²) in [5.74, 6) is -0.563. The summed E-state index contributed by atoms with van der Waals surface area (Å²) >= 11 is 0. The minimum absolute atomic E-state index is 0.244. The second-order valence-corrected chi connectivity index (χ2v) is 3.71. The number of hydrogen-bond acceptors (Lipinski definition) is 4. The largest absolute Gasteiger partial charge is 0.466 e. The molecule has 17 heavy (non-hydrogen) atoms. The van der Waals surface area contributed by atoms with Crippen LogP contribution in [0, 0.1) is 11.3 Å². The van der Waals surface area contributed by atoms with Crippen LogP contribution in [0.3, 0.4) is 0 Å². The van der Waals surface area contributed by atoms with Crippen molar-refractivity contribution in [3.05, 3.63) is 29.6 Å². The summed E-state index contributed by atoms with van der Waals surface area (Å²) in [6, 6.07) is 3.72. The summed E-state index contributed by atoms with van der Waals surface area (Å²) in [6.07, 6.45) is 4.69. The predicted molar refractivity (Wildman–Crippen MR) is 63.2 cm³/mol. The van der Waals surface area contributed by atoms with Gasteiger partial charge in [-0.1, -0.05) is 13.3 Å². The van der Waals surface area contributed by atoms with Crippen LogP contribution in [0.15, 0.2) is 18.5 Å². The highest BCUT2D eigenvalue weighted by Gasteiger charge is 2.21. The molecule has 1 atom stereocenters. The van der Waals surface area contributed by atoms with Crippen molar-refractivity contribution in [2.45, 2.75) is 32.6 Å². The van der Waals surface area contributed by atoms with Crippen LogP contribution < -0.4 is 0 Å². The molecule has 0 bridgehead atoms. The summed E-state index contributed by atoms with van der Waals surface area (Å²) < 4.78 is 5.03. The number of esters is 1. The predicted octanol–water partition coefficient (Wildman–Crippen LogP) is 2.40. The van der Waals surface area contributed by atoms with Crippen molar-refractivity contribution in [1.82, 2.24) is 4.98 Å². The Hall–Kier alpha value is -1.89. The SMILES string of the molecule is CCCC(C(=O)OCC)c1cncc(C#N)c1. The molecule has 1 rings (SSSR count). The van der Waals surface area contributed by atoms with Gasteiger partial charge in [0.2, 0.25) is 0 Å². The first-order chi connectivity index (χ1) is 8.22. The van der Waals surface area contributed by atoms with E-state index in [2.05, 4.69) is 4.98 Å². The second kappa shape index (κ2) is 6.64. The van der Waals surface area contributed by atoms with Crippen molar-refractivity contribution < 1.29 is 9.53 Å². The highest BCUT2D eigenvalue weighted by molar-refractivity contribution is 5.78. The number of rotatable bonds is 5. The third-order valence-corrected chi connectivity index (χ3v) is 2.44. The van der Waals surface area contributed by atoms with Crippen molar-refractivity contribution in [2.75, 3.05) is 6.61 Å². The van der Waals surface area contributed by atoms with Crippen LogP contribution in [-0.2, 0) is 9.53 Å². The molecule has 1 aromatic rings. The second-order valence-electron chi connectivity index (χ2n) is 3.71. The molecule has 0 radical (unpaired) electrons. The van der Waals surface area contributed by atoms with E-state index in [0.29, 0.717) is 18.6 Å². The number of aromatic nitrogens is 1.